The quantitative estimate of drug-likeness (QED) is 0.457. The highest BCUT2D eigenvalue weighted by atomic mass is 16.5. The summed E-state index contributed by atoms with van der Waals surface area (Å²) in [6, 6.07) is 12.3. The van der Waals surface area contributed by atoms with Crippen LogP contribution in [0.3, 0.4) is 0 Å². The molecule has 4 aromatic rings. The predicted octanol–water partition coefficient (Wildman–Crippen LogP) is 3.01. The van der Waals surface area contributed by atoms with Crippen LogP contribution in [0.1, 0.15) is 28.4 Å². The van der Waals surface area contributed by atoms with Crippen molar-refractivity contribution >= 4 is 28.6 Å². The zero-order chi connectivity index (χ0) is 23.5. The molecule has 0 spiro atoms. The van der Waals surface area contributed by atoms with Crippen molar-refractivity contribution in [3.8, 4) is 5.69 Å². The van der Waals surface area contributed by atoms with Gasteiger partial charge in [-0.05, 0) is 56.7 Å². The second kappa shape index (κ2) is 9.07. The molecule has 0 aliphatic heterocycles. The highest BCUT2D eigenvalue weighted by Gasteiger charge is 2.15. The van der Waals surface area contributed by atoms with Crippen LogP contribution in [-0.2, 0) is 16.1 Å². The number of anilines is 1. The van der Waals surface area contributed by atoms with Gasteiger partial charge in [0, 0.05) is 5.69 Å². The van der Waals surface area contributed by atoms with Crippen LogP contribution in [0.25, 0.3) is 16.7 Å². The van der Waals surface area contributed by atoms with Crippen LogP contribution in [0, 0.1) is 13.8 Å². The van der Waals surface area contributed by atoms with Crippen LogP contribution in [0.5, 0.6) is 0 Å². The third-order valence-corrected chi connectivity index (χ3v) is 5.13. The van der Waals surface area contributed by atoms with Crippen LogP contribution >= 0.6 is 0 Å². The number of ether oxygens (including phenoxy) is 1. The predicted molar refractivity (Wildman–Crippen MR) is 124 cm³/mol. The minimum absolute atomic E-state index is 0.212. The number of rotatable bonds is 6. The second-order valence-electron chi connectivity index (χ2n) is 7.61. The number of carbonyl (C=O) groups is 2. The zero-order valence-corrected chi connectivity index (χ0v) is 18.5. The number of benzene rings is 2. The molecule has 2 aromatic carbocycles. The third-order valence-electron chi connectivity index (χ3n) is 5.13. The first-order valence-corrected chi connectivity index (χ1v) is 10.4. The van der Waals surface area contributed by atoms with Crippen molar-refractivity contribution in [3.05, 3.63) is 82.0 Å². The number of esters is 1. The van der Waals surface area contributed by atoms with E-state index in [-0.39, 0.29) is 18.7 Å². The molecule has 9 nitrogen and oxygen atoms in total. The first kappa shape index (κ1) is 21.9. The summed E-state index contributed by atoms with van der Waals surface area (Å²) in [5, 5.41) is 7.37. The molecule has 0 atom stereocenters. The second-order valence-corrected chi connectivity index (χ2v) is 7.61. The molecule has 0 unspecified atom stereocenters. The number of fused-ring (bicyclic) bond motifs is 1. The number of amides is 1. The molecular weight excluding hydrogens is 422 g/mol. The van der Waals surface area contributed by atoms with E-state index < -0.39 is 11.9 Å². The summed E-state index contributed by atoms with van der Waals surface area (Å²) in [5.74, 6) is -0.827. The van der Waals surface area contributed by atoms with Crippen LogP contribution in [0.4, 0.5) is 5.69 Å². The van der Waals surface area contributed by atoms with E-state index in [9.17, 15) is 14.4 Å². The maximum Gasteiger partial charge on any atom is 0.338 e. The van der Waals surface area contributed by atoms with Gasteiger partial charge in [0.05, 0.1) is 24.1 Å². The number of aryl methyl sites for hydroxylation is 2. The highest BCUT2D eigenvalue weighted by molar-refractivity contribution is 5.93. The number of aromatic nitrogens is 4. The van der Waals surface area contributed by atoms with E-state index in [1.165, 1.54) is 17.1 Å². The molecule has 9 heteroatoms. The molecule has 0 bridgehead atoms. The Labute approximate surface area is 189 Å². The molecule has 33 heavy (non-hydrogen) atoms. The Bertz CT molecular complexity index is 1400. The molecule has 0 aliphatic rings. The molecule has 4 rings (SSSR count). The van der Waals surface area contributed by atoms with E-state index in [4.69, 9.17) is 4.74 Å². The number of nitrogens with one attached hydrogen (secondary N) is 1. The van der Waals surface area contributed by atoms with Gasteiger partial charge in [0.1, 0.15) is 18.3 Å². The lowest BCUT2D eigenvalue weighted by atomic mass is 10.1. The summed E-state index contributed by atoms with van der Waals surface area (Å²) >= 11 is 0. The van der Waals surface area contributed by atoms with Gasteiger partial charge in [0.25, 0.3) is 5.56 Å². The first-order valence-electron chi connectivity index (χ1n) is 10.4. The lowest BCUT2D eigenvalue weighted by Crippen LogP contribution is -2.27. The van der Waals surface area contributed by atoms with Crippen molar-refractivity contribution in [2.45, 2.75) is 27.3 Å². The lowest BCUT2D eigenvalue weighted by molar-refractivity contribution is -0.116. The number of hydrogen-bond acceptors (Lipinski definition) is 6. The number of carbonyl (C=O) groups excluding carboxylic acids is 2. The molecule has 0 radical (unpaired) electrons. The molecular formula is C24H23N5O4. The van der Waals surface area contributed by atoms with Gasteiger partial charge in [-0.3, -0.25) is 14.2 Å². The standard InChI is InChI=1S/C24H23N5O4/c1-4-33-24(32)17-6-8-18(9-7-17)27-21(30)13-28-14-25-22-19(23(28)31)12-26-29(22)20-10-5-15(2)11-16(20)3/h5-12,14H,4,13H2,1-3H3,(H,27,30). The molecule has 1 amide bonds. The fourth-order valence-electron chi connectivity index (χ4n) is 3.54. The summed E-state index contributed by atoms with van der Waals surface area (Å²) < 4.78 is 7.80. The molecule has 0 saturated carbocycles. The highest BCUT2D eigenvalue weighted by Crippen LogP contribution is 2.18. The van der Waals surface area contributed by atoms with E-state index in [1.807, 2.05) is 32.0 Å². The number of hydrogen-bond donors (Lipinski definition) is 1. The van der Waals surface area contributed by atoms with E-state index >= 15 is 0 Å². The largest absolute Gasteiger partial charge is 0.462 e. The molecule has 0 fully saturated rings. The van der Waals surface area contributed by atoms with E-state index in [0.717, 1.165) is 16.8 Å². The minimum Gasteiger partial charge on any atom is -0.462 e. The van der Waals surface area contributed by atoms with E-state index in [2.05, 4.69) is 15.4 Å². The fraction of sp³-hybridized carbons (Fsp3) is 0.208. The molecule has 2 heterocycles. The summed E-state index contributed by atoms with van der Waals surface area (Å²) in [6.07, 6.45) is 2.81. The molecule has 0 aliphatic carbocycles. The van der Waals surface area contributed by atoms with Gasteiger partial charge in [-0.25, -0.2) is 14.5 Å². The van der Waals surface area contributed by atoms with Gasteiger partial charge in [0.15, 0.2) is 5.65 Å². The lowest BCUT2D eigenvalue weighted by Gasteiger charge is -2.09. The Morgan fingerprint density at radius 3 is 2.55 bits per heavy atom. The first-order chi connectivity index (χ1) is 15.9. The van der Waals surface area contributed by atoms with E-state index in [1.54, 1.807) is 35.9 Å². The zero-order valence-electron chi connectivity index (χ0n) is 18.5. The van der Waals surface area contributed by atoms with Crippen molar-refractivity contribution < 1.29 is 14.3 Å². The van der Waals surface area contributed by atoms with Crippen LogP contribution < -0.4 is 10.9 Å². The maximum atomic E-state index is 12.9. The fourth-order valence-corrected chi connectivity index (χ4v) is 3.54. The summed E-state index contributed by atoms with van der Waals surface area (Å²) in [5.41, 5.74) is 3.94. The Morgan fingerprint density at radius 2 is 1.85 bits per heavy atom. The smallest absolute Gasteiger partial charge is 0.338 e. The van der Waals surface area contributed by atoms with Gasteiger partial charge >= 0.3 is 5.97 Å². The Balaban J connectivity index is 1.52. The van der Waals surface area contributed by atoms with Gasteiger partial charge in [-0.1, -0.05) is 17.7 Å². The van der Waals surface area contributed by atoms with Crippen molar-refractivity contribution in [2.75, 3.05) is 11.9 Å². The molecule has 2 aromatic heterocycles. The van der Waals surface area contributed by atoms with Crippen molar-refractivity contribution in [1.29, 1.82) is 0 Å². The third kappa shape index (κ3) is 4.52. The van der Waals surface area contributed by atoms with Crippen molar-refractivity contribution in [3.63, 3.8) is 0 Å². The van der Waals surface area contributed by atoms with Gasteiger partial charge in [-0.15, -0.1) is 0 Å². The van der Waals surface area contributed by atoms with Crippen molar-refractivity contribution in [1.82, 2.24) is 19.3 Å². The average Bonchev–Trinajstić information content (AvgIpc) is 3.21. The topological polar surface area (TPSA) is 108 Å². The van der Waals surface area contributed by atoms with Gasteiger partial charge in [0.2, 0.25) is 5.91 Å². The van der Waals surface area contributed by atoms with Crippen LogP contribution in [-0.4, -0.2) is 37.8 Å². The van der Waals surface area contributed by atoms with Crippen molar-refractivity contribution in [2.24, 2.45) is 0 Å². The molecule has 0 saturated heterocycles. The van der Waals surface area contributed by atoms with Crippen LogP contribution in [0.15, 0.2) is 59.8 Å². The van der Waals surface area contributed by atoms with E-state index in [0.29, 0.717) is 22.3 Å². The average molecular weight is 445 g/mol. The summed E-state index contributed by atoms with van der Waals surface area (Å²) in [4.78, 5) is 41.5. The minimum atomic E-state index is -0.428. The number of nitrogens with zero attached hydrogens (tertiary/aromatic N) is 4. The normalized spacial score (nSPS) is 10.9. The van der Waals surface area contributed by atoms with Gasteiger partial charge in [-0.2, -0.15) is 5.10 Å². The monoisotopic (exact) mass is 445 g/mol. The Kier molecular flexibility index (Phi) is 6.03. The Morgan fingerprint density at radius 1 is 1.09 bits per heavy atom. The summed E-state index contributed by atoms with van der Waals surface area (Å²) in [7, 11) is 0. The Hall–Kier alpha value is -4.27. The molecule has 168 valence electrons. The summed E-state index contributed by atoms with van der Waals surface area (Å²) in [6.45, 7) is 5.79. The SMILES string of the molecule is CCOC(=O)c1ccc(NC(=O)Cn2cnc3c(cnn3-c3ccc(C)cc3C)c2=O)cc1. The van der Waals surface area contributed by atoms with Gasteiger partial charge < -0.3 is 10.1 Å². The maximum absolute atomic E-state index is 12.9. The molecule has 1 N–H and O–H groups in total. The van der Waals surface area contributed by atoms with Crippen LogP contribution in [0.2, 0.25) is 0 Å².